The number of carbonyl (C=O) groups is 1. The van der Waals surface area contributed by atoms with Crippen molar-refractivity contribution >= 4 is 5.91 Å². The lowest BCUT2D eigenvalue weighted by Gasteiger charge is -2.13. The Bertz CT molecular complexity index is 759. The fourth-order valence-electron chi connectivity index (χ4n) is 2.56. The molecule has 3 N–H and O–H groups in total. The van der Waals surface area contributed by atoms with E-state index >= 15 is 0 Å². The summed E-state index contributed by atoms with van der Waals surface area (Å²) in [7, 11) is 0. The molecule has 24 heavy (non-hydrogen) atoms. The van der Waals surface area contributed by atoms with Crippen LogP contribution in [0.2, 0.25) is 0 Å². The van der Waals surface area contributed by atoms with Crippen molar-refractivity contribution in [1.29, 1.82) is 0 Å². The van der Waals surface area contributed by atoms with Crippen LogP contribution in [0, 0.1) is 5.92 Å². The summed E-state index contributed by atoms with van der Waals surface area (Å²) in [5.41, 5.74) is 1.72. The minimum atomic E-state index is -0.261. The second-order valence-corrected chi connectivity index (χ2v) is 5.83. The molecule has 0 aliphatic carbocycles. The molecule has 2 aromatic rings. The van der Waals surface area contributed by atoms with E-state index in [1.165, 1.54) is 12.1 Å². The number of ether oxygens (including phenoxy) is 2. The summed E-state index contributed by atoms with van der Waals surface area (Å²) < 4.78 is 10.6. The standard InChI is InChI=1S/C18H19NO5/c1-11(6-12-2-4-14(20)15(21)7-12)18(22)19-9-13-3-5-16-17(8-13)24-10-23-16/h2-5,7-8,11,20-21H,6,9-10H2,1H3,(H,19,22). The first-order valence-electron chi connectivity index (χ1n) is 7.70. The van der Waals surface area contributed by atoms with Gasteiger partial charge in [0, 0.05) is 12.5 Å². The molecule has 1 aliphatic heterocycles. The van der Waals surface area contributed by atoms with Crippen molar-refractivity contribution in [3.63, 3.8) is 0 Å². The van der Waals surface area contributed by atoms with E-state index in [-0.39, 0.29) is 30.1 Å². The Labute approximate surface area is 139 Å². The quantitative estimate of drug-likeness (QED) is 0.733. The summed E-state index contributed by atoms with van der Waals surface area (Å²) in [6.07, 6.45) is 0.473. The Hall–Kier alpha value is -2.89. The Morgan fingerprint density at radius 1 is 1.08 bits per heavy atom. The van der Waals surface area contributed by atoms with Gasteiger partial charge in [-0.25, -0.2) is 0 Å². The van der Waals surface area contributed by atoms with Crippen molar-refractivity contribution < 1.29 is 24.5 Å². The van der Waals surface area contributed by atoms with Gasteiger partial charge in [-0.05, 0) is 41.8 Å². The van der Waals surface area contributed by atoms with Crippen LogP contribution in [-0.2, 0) is 17.8 Å². The van der Waals surface area contributed by atoms with Crippen LogP contribution in [0.4, 0.5) is 0 Å². The summed E-state index contributed by atoms with van der Waals surface area (Å²) in [5, 5.41) is 21.7. The Balaban J connectivity index is 1.55. The van der Waals surface area contributed by atoms with Crippen molar-refractivity contribution in [2.75, 3.05) is 6.79 Å². The van der Waals surface area contributed by atoms with Gasteiger partial charge in [0.15, 0.2) is 23.0 Å². The maximum atomic E-state index is 12.2. The fraction of sp³-hybridized carbons (Fsp3) is 0.278. The predicted molar refractivity (Wildman–Crippen MR) is 87.1 cm³/mol. The Morgan fingerprint density at radius 3 is 2.62 bits per heavy atom. The SMILES string of the molecule is CC(Cc1ccc(O)c(O)c1)C(=O)NCc1ccc2c(c1)OCO2. The number of benzene rings is 2. The van der Waals surface area contributed by atoms with Crippen LogP contribution in [-0.4, -0.2) is 22.9 Å². The molecule has 1 unspecified atom stereocenters. The lowest BCUT2D eigenvalue weighted by Crippen LogP contribution is -2.29. The van der Waals surface area contributed by atoms with Gasteiger partial charge in [-0.1, -0.05) is 19.1 Å². The van der Waals surface area contributed by atoms with Crippen LogP contribution >= 0.6 is 0 Å². The summed E-state index contributed by atoms with van der Waals surface area (Å²) in [5.74, 6) is 0.710. The molecule has 2 aromatic carbocycles. The molecule has 0 aromatic heterocycles. The minimum absolute atomic E-state index is 0.0831. The molecule has 0 saturated carbocycles. The zero-order chi connectivity index (χ0) is 17.1. The Kier molecular flexibility index (Phi) is 4.46. The molecular formula is C18H19NO5. The van der Waals surface area contributed by atoms with Gasteiger partial charge in [-0.15, -0.1) is 0 Å². The summed E-state index contributed by atoms with van der Waals surface area (Å²) >= 11 is 0. The number of nitrogens with one attached hydrogen (secondary N) is 1. The molecule has 1 heterocycles. The second-order valence-electron chi connectivity index (χ2n) is 5.83. The van der Waals surface area contributed by atoms with Gasteiger partial charge in [-0.3, -0.25) is 4.79 Å². The molecule has 3 rings (SSSR count). The van der Waals surface area contributed by atoms with Crippen molar-refractivity contribution in [3.05, 3.63) is 47.5 Å². The number of phenols is 2. The first-order chi connectivity index (χ1) is 11.5. The molecule has 1 atom stereocenters. The van der Waals surface area contributed by atoms with E-state index in [4.69, 9.17) is 9.47 Å². The second kappa shape index (κ2) is 6.70. The first kappa shape index (κ1) is 16.0. The highest BCUT2D eigenvalue weighted by molar-refractivity contribution is 5.78. The summed E-state index contributed by atoms with van der Waals surface area (Å²) in [6.45, 7) is 2.45. The number of aromatic hydroxyl groups is 2. The van der Waals surface area contributed by atoms with Gasteiger partial charge in [0.2, 0.25) is 12.7 Å². The molecule has 0 fully saturated rings. The molecular weight excluding hydrogens is 310 g/mol. The van der Waals surface area contributed by atoms with Crippen LogP contribution in [0.15, 0.2) is 36.4 Å². The number of phenolic OH excluding ortho intramolecular Hbond substituents is 2. The molecule has 1 amide bonds. The van der Waals surface area contributed by atoms with Crippen molar-refractivity contribution in [2.24, 2.45) is 5.92 Å². The molecule has 6 nitrogen and oxygen atoms in total. The van der Waals surface area contributed by atoms with E-state index in [1.807, 2.05) is 25.1 Å². The number of amides is 1. The molecule has 0 saturated heterocycles. The van der Waals surface area contributed by atoms with Gasteiger partial charge in [0.1, 0.15) is 0 Å². The largest absolute Gasteiger partial charge is 0.504 e. The highest BCUT2D eigenvalue weighted by atomic mass is 16.7. The topological polar surface area (TPSA) is 88.0 Å². The lowest BCUT2D eigenvalue weighted by atomic mass is 10.00. The predicted octanol–water partition coefficient (Wildman–Crippen LogP) is 2.32. The average molecular weight is 329 g/mol. The number of carbonyl (C=O) groups excluding carboxylic acids is 1. The molecule has 0 bridgehead atoms. The van der Waals surface area contributed by atoms with Gasteiger partial charge >= 0.3 is 0 Å². The number of rotatable bonds is 5. The summed E-state index contributed by atoms with van der Waals surface area (Å²) in [6, 6.07) is 10.1. The maximum absolute atomic E-state index is 12.2. The van der Waals surface area contributed by atoms with Crippen LogP contribution in [0.1, 0.15) is 18.1 Å². The monoisotopic (exact) mass is 329 g/mol. The lowest BCUT2D eigenvalue weighted by molar-refractivity contribution is -0.124. The smallest absolute Gasteiger partial charge is 0.231 e. The fourth-order valence-corrected chi connectivity index (χ4v) is 2.56. The molecule has 1 aliphatic rings. The van der Waals surface area contributed by atoms with Crippen LogP contribution in [0.5, 0.6) is 23.0 Å². The van der Waals surface area contributed by atoms with Crippen molar-refractivity contribution in [3.8, 4) is 23.0 Å². The van der Waals surface area contributed by atoms with Gasteiger partial charge in [-0.2, -0.15) is 0 Å². The van der Waals surface area contributed by atoms with Crippen LogP contribution in [0.25, 0.3) is 0 Å². The van der Waals surface area contributed by atoms with E-state index in [0.717, 1.165) is 11.1 Å². The van der Waals surface area contributed by atoms with E-state index in [1.54, 1.807) is 6.07 Å². The highest BCUT2D eigenvalue weighted by Gasteiger charge is 2.16. The number of fused-ring (bicyclic) bond motifs is 1. The first-order valence-corrected chi connectivity index (χ1v) is 7.70. The van der Waals surface area contributed by atoms with E-state index in [2.05, 4.69) is 5.32 Å². The number of hydrogen-bond donors (Lipinski definition) is 3. The maximum Gasteiger partial charge on any atom is 0.231 e. The Morgan fingerprint density at radius 2 is 1.83 bits per heavy atom. The average Bonchev–Trinajstić information content (AvgIpc) is 3.03. The molecule has 0 spiro atoms. The summed E-state index contributed by atoms with van der Waals surface area (Å²) in [4.78, 5) is 12.2. The highest BCUT2D eigenvalue weighted by Crippen LogP contribution is 2.32. The molecule has 126 valence electrons. The van der Waals surface area contributed by atoms with Crippen LogP contribution in [0.3, 0.4) is 0 Å². The van der Waals surface area contributed by atoms with Gasteiger partial charge in [0.25, 0.3) is 0 Å². The zero-order valence-electron chi connectivity index (χ0n) is 13.3. The van der Waals surface area contributed by atoms with Crippen LogP contribution < -0.4 is 14.8 Å². The van der Waals surface area contributed by atoms with Crippen molar-refractivity contribution in [1.82, 2.24) is 5.32 Å². The van der Waals surface area contributed by atoms with Gasteiger partial charge < -0.3 is 25.0 Å². The third-order valence-corrected chi connectivity index (χ3v) is 3.93. The normalized spacial score (nSPS) is 13.5. The zero-order valence-corrected chi connectivity index (χ0v) is 13.3. The van der Waals surface area contributed by atoms with E-state index in [0.29, 0.717) is 24.5 Å². The molecule has 6 heteroatoms. The minimum Gasteiger partial charge on any atom is -0.504 e. The number of hydrogen-bond acceptors (Lipinski definition) is 5. The third-order valence-electron chi connectivity index (χ3n) is 3.93. The molecule has 0 radical (unpaired) electrons. The van der Waals surface area contributed by atoms with E-state index in [9.17, 15) is 15.0 Å². The third kappa shape index (κ3) is 3.53. The van der Waals surface area contributed by atoms with Crippen molar-refractivity contribution in [2.45, 2.75) is 19.9 Å². The van der Waals surface area contributed by atoms with Gasteiger partial charge in [0.05, 0.1) is 0 Å². The van der Waals surface area contributed by atoms with E-state index < -0.39 is 0 Å².